The second-order valence-electron chi connectivity index (χ2n) is 9.26. The van der Waals surface area contributed by atoms with Crippen LogP contribution in [0.2, 0.25) is 0 Å². The molecular formula is C17H33N3. The molecule has 0 spiro atoms. The largest absolute Gasteiger partial charge is 0.298 e. The molecule has 3 nitrogen and oxygen atoms in total. The Morgan fingerprint density at radius 1 is 0.800 bits per heavy atom. The lowest BCUT2D eigenvalue weighted by atomic mass is 9.92. The van der Waals surface area contributed by atoms with E-state index in [-0.39, 0.29) is 0 Å². The van der Waals surface area contributed by atoms with Crippen molar-refractivity contribution in [1.29, 1.82) is 0 Å². The number of nitrogens with zero attached hydrogens (tertiary/aromatic N) is 3. The lowest BCUT2D eigenvalue weighted by Crippen LogP contribution is -2.60. The highest BCUT2D eigenvalue weighted by Crippen LogP contribution is 2.37. The summed E-state index contributed by atoms with van der Waals surface area (Å²) in [5.74, 6) is 0.914. The quantitative estimate of drug-likeness (QED) is 0.768. The molecule has 3 rings (SSSR count). The van der Waals surface area contributed by atoms with Gasteiger partial charge in [0, 0.05) is 55.9 Å². The maximum Gasteiger partial charge on any atom is 0.0244 e. The van der Waals surface area contributed by atoms with Crippen molar-refractivity contribution < 1.29 is 0 Å². The predicted molar refractivity (Wildman–Crippen MR) is 85.0 cm³/mol. The Morgan fingerprint density at radius 2 is 1.45 bits per heavy atom. The lowest BCUT2D eigenvalue weighted by molar-refractivity contribution is -0.0162. The van der Waals surface area contributed by atoms with Crippen molar-refractivity contribution in [3.63, 3.8) is 0 Å². The van der Waals surface area contributed by atoms with Gasteiger partial charge in [0.2, 0.25) is 0 Å². The second-order valence-corrected chi connectivity index (χ2v) is 9.26. The minimum atomic E-state index is 0.352. The average molecular weight is 279 g/mol. The molecule has 3 aliphatic rings. The number of fused-ring (bicyclic) bond motifs is 2. The van der Waals surface area contributed by atoms with E-state index in [2.05, 4.69) is 56.2 Å². The van der Waals surface area contributed by atoms with E-state index in [1.165, 1.54) is 39.1 Å². The predicted octanol–water partition coefficient (Wildman–Crippen LogP) is 2.27. The fourth-order valence-electron chi connectivity index (χ4n) is 4.36. The van der Waals surface area contributed by atoms with Crippen molar-refractivity contribution in [3.8, 4) is 0 Å². The minimum absolute atomic E-state index is 0.352. The summed E-state index contributed by atoms with van der Waals surface area (Å²) in [6.45, 7) is 20.7. The van der Waals surface area contributed by atoms with Crippen LogP contribution in [0.4, 0.5) is 0 Å². The summed E-state index contributed by atoms with van der Waals surface area (Å²) < 4.78 is 0. The molecular weight excluding hydrogens is 246 g/mol. The molecule has 3 heterocycles. The van der Waals surface area contributed by atoms with E-state index in [0.717, 1.165) is 18.0 Å². The van der Waals surface area contributed by atoms with Crippen molar-refractivity contribution in [3.05, 3.63) is 0 Å². The molecule has 20 heavy (non-hydrogen) atoms. The van der Waals surface area contributed by atoms with Crippen LogP contribution in [0.1, 0.15) is 48.0 Å². The first kappa shape index (κ1) is 14.8. The Hall–Kier alpha value is -0.120. The molecule has 0 radical (unpaired) electrons. The molecule has 0 unspecified atom stereocenters. The van der Waals surface area contributed by atoms with Crippen molar-refractivity contribution >= 4 is 0 Å². The van der Waals surface area contributed by atoms with Gasteiger partial charge >= 0.3 is 0 Å². The van der Waals surface area contributed by atoms with Gasteiger partial charge in [0.1, 0.15) is 0 Å². The molecule has 2 atom stereocenters. The Balaban J connectivity index is 1.47. The van der Waals surface area contributed by atoms with E-state index >= 15 is 0 Å². The van der Waals surface area contributed by atoms with Crippen LogP contribution in [0, 0.1) is 5.92 Å². The van der Waals surface area contributed by atoms with Gasteiger partial charge in [-0.05, 0) is 53.9 Å². The van der Waals surface area contributed by atoms with Crippen molar-refractivity contribution in [2.24, 2.45) is 5.92 Å². The molecule has 3 aliphatic heterocycles. The standard InChI is InChI=1S/C17H33N3/c1-16(2,3)19-9-13(10-19)8-18-11-15-7-14(18)12-20(15)17(4,5)6/h13-15H,7-12H2,1-6H3/t14-,15-/m0/s1. The molecule has 0 aromatic rings. The molecule has 0 aromatic carbocycles. The van der Waals surface area contributed by atoms with Crippen LogP contribution in [0.5, 0.6) is 0 Å². The number of rotatable bonds is 2. The highest BCUT2D eigenvalue weighted by atomic mass is 15.4. The zero-order valence-corrected chi connectivity index (χ0v) is 14.3. The van der Waals surface area contributed by atoms with Crippen molar-refractivity contribution in [2.45, 2.75) is 71.1 Å². The minimum Gasteiger partial charge on any atom is -0.298 e. The number of piperazine rings is 1. The van der Waals surface area contributed by atoms with Gasteiger partial charge in [0.25, 0.3) is 0 Å². The summed E-state index contributed by atoms with van der Waals surface area (Å²) in [6.07, 6.45) is 1.41. The number of hydrogen-bond donors (Lipinski definition) is 0. The van der Waals surface area contributed by atoms with Gasteiger partial charge in [-0.2, -0.15) is 0 Å². The third-order valence-corrected chi connectivity index (χ3v) is 5.61. The highest BCUT2D eigenvalue weighted by Gasteiger charge is 2.47. The van der Waals surface area contributed by atoms with E-state index in [4.69, 9.17) is 0 Å². The van der Waals surface area contributed by atoms with Gasteiger partial charge in [0.15, 0.2) is 0 Å². The molecule has 0 aromatic heterocycles. The monoisotopic (exact) mass is 279 g/mol. The first-order chi connectivity index (χ1) is 9.14. The second kappa shape index (κ2) is 4.69. The van der Waals surface area contributed by atoms with Gasteiger partial charge in [-0.3, -0.25) is 14.7 Å². The summed E-state index contributed by atoms with van der Waals surface area (Å²) in [6, 6.07) is 1.65. The van der Waals surface area contributed by atoms with E-state index in [1.807, 2.05) is 0 Å². The van der Waals surface area contributed by atoms with Crippen LogP contribution in [0.25, 0.3) is 0 Å². The Bertz CT molecular complexity index is 359. The van der Waals surface area contributed by atoms with Crippen LogP contribution in [0.3, 0.4) is 0 Å². The maximum atomic E-state index is 2.79. The van der Waals surface area contributed by atoms with Crippen molar-refractivity contribution in [2.75, 3.05) is 32.7 Å². The lowest BCUT2D eigenvalue weighted by Gasteiger charge is -2.50. The van der Waals surface area contributed by atoms with E-state index in [9.17, 15) is 0 Å². The molecule has 0 N–H and O–H groups in total. The van der Waals surface area contributed by atoms with Crippen LogP contribution in [0.15, 0.2) is 0 Å². The van der Waals surface area contributed by atoms with Crippen LogP contribution >= 0.6 is 0 Å². The summed E-state index contributed by atoms with van der Waals surface area (Å²) >= 11 is 0. The molecule has 3 saturated heterocycles. The fourth-order valence-corrected chi connectivity index (χ4v) is 4.36. The normalized spacial score (nSPS) is 33.9. The Morgan fingerprint density at radius 3 is 1.90 bits per heavy atom. The van der Waals surface area contributed by atoms with E-state index in [1.54, 1.807) is 0 Å². The summed E-state index contributed by atoms with van der Waals surface area (Å²) in [5.41, 5.74) is 0.717. The number of hydrogen-bond acceptors (Lipinski definition) is 3. The van der Waals surface area contributed by atoms with Crippen LogP contribution in [-0.2, 0) is 0 Å². The molecule has 2 bridgehead atoms. The average Bonchev–Trinajstić information content (AvgIpc) is 2.78. The highest BCUT2D eigenvalue weighted by molar-refractivity contribution is 5.04. The zero-order valence-electron chi connectivity index (χ0n) is 14.3. The third kappa shape index (κ3) is 2.65. The first-order valence-corrected chi connectivity index (χ1v) is 8.40. The number of likely N-dealkylation sites (tertiary alicyclic amines) is 3. The van der Waals surface area contributed by atoms with Crippen LogP contribution in [-0.4, -0.2) is 70.6 Å². The van der Waals surface area contributed by atoms with Gasteiger partial charge < -0.3 is 0 Å². The van der Waals surface area contributed by atoms with E-state index in [0.29, 0.717) is 11.1 Å². The fraction of sp³-hybridized carbons (Fsp3) is 1.00. The topological polar surface area (TPSA) is 9.72 Å². The summed E-state index contributed by atoms with van der Waals surface area (Å²) in [5, 5.41) is 0. The van der Waals surface area contributed by atoms with Crippen molar-refractivity contribution in [1.82, 2.24) is 14.7 Å². The smallest absolute Gasteiger partial charge is 0.0244 e. The first-order valence-electron chi connectivity index (χ1n) is 8.40. The summed E-state index contributed by atoms with van der Waals surface area (Å²) in [4.78, 5) is 8.14. The zero-order chi connectivity index (χ0) is 14.7. The van der Waals surface area contributed by atoms with Gasteiger partial charge in [-0.25, -0.2) is 0 Å². The molecule has 0 aliphatic carbocycles. The van der Waals surface area contributed by atoms with Gasteiger partial charge in [-0.15, -0.1) is 0 Å². The van der Waals surface area contributed by atoms with Crippen LogP contribution < -0.4 is 0 Å². The molecule has 0 saturated carbocycles. The Labute approximate surface area is 125 Å². The third-order valence-electron chi connectivity index (χ3n) is 5.61. The van der Waals surface area contributed by atoms with Gasteiger partial charge in [0.05, 0.1) is 0 Å². The maximum absolute atomic E-state index is 2.79. The SMILES string of the molecule is CC(C)(C)N1CC(CN2C[C@@H]3C[C@H]2CN3C(C)(C)C)C1. The van der Waals surface area contributed by atoms with E-state index < -0.39 is 0 Å². The molecule has 116 valence electrons. The Kier molecular flexibility index (Phi) is 3.47. The summed E-state index contributed by atoms with van der Waals surface area (Å²) in [7, 11) is 0. The molecule has 0 amide bonds. The molecule has 3 heteroatoms. The van der Waals surface area contributed by atoms with Gasteiger partial charge in [-0.1, -0.05) is 0 Å². The molecule has 3 fully saturated rings.